The van der Waals surface area contributed by atoms with E-state index < -0.39 is 11.9 Å². The van der Waals surface area contributed by atoms with Crippen LogP contribution in [0.15, 0.2) is 11.6 Å². The van der Waals surface area contributed by atoms with Gasteiger partial charge in [-0.15, -0.1) is 0 Å². The van der Waals surface area contributed by atoms with Crippen LogP contribution in [0.25, 0.3) is 0 Å². The van der Waals surface area contributed by atoms with Gasteiger partial charge in [-0.1, -0.05) is 13.3 Å². The van der Waals surface area contributed by atoms with Crippen molar-refractivity contribution in [2.24, 2.45) is 5.73 Å². The number of unbranched alkanes of at least 4 members (excludes halogenated alkanes) is 1. The number of hydrogen-bond donors (Lipinski definition) is 1. The zero-order valence-electron chi connectivity index (χ0n) is 8.00. The third-order valence-electron chi connectivity index (χ3n) is 1.56. The van der Waals surface area contributed by atoms with Gasteiger partial charge >= 0.3 is 5.97 Å². The zero-order valence-corrected chi connectivity index (χ0v) is 8.00. The highest BCUT2D eigenvalue weighted by atomic mass is 16.5. The van der Waals surface area contributed by atoms with Crippen LogP contribution in [0.5, 0.6) is 0 Å². The van der Waals surface area contributed by atoms with Gasteiger partial charge in [-0.2, -0.15) is 0 Å². The van der Waals surface area contributed by atoms with Gasteiger partial charge in [0.2, 0.25) is 5.91 Å². The fourth-order valence-electron chi connectivity index (χ4n) is 0.903. The summed E-state index contributed by atoms with van der Waals surface area (Å²) < 4.78 is 4.50. The predicted octanol–water partition coefficient (Wildman–Crippen LogP) is 0.761. The first-order valence-corrected chi connectivity index (χ1v) is 4.20. The van der Waals surface area contributed by atoms with E-state index in [1.807, 2.05) is 6.92 Å². The average Bonchev–Trinajstić information content (AvgIpc) is 2.10. The molecule has 74 valence electrons. The van der Waals surface area contributed by atoms with Gasteiger partial charge in [0.25, 0.3) is 0 Å². The van der Waals surface area contributed by atoms with E-state index in [0.29, 0.717) is 12.0 Å². The summed E-state index contributed by atoms with van der Waals surface area (Å²) in [6.07, 6.45) is 3.45. The molecular formula is C9H15NO3. The van der Waals surface area contributed by atoms with Gasteiger partial charge in [-0.3, -0.25) is 4.79 Å². The van der Waals surface area contributed by atoms with Crippen molar-refractivity contribution in [3.8, 4) is 0 Å². The predicted molar refractivity (Wildman–Crippen MR) is 48.8 cm³/mol. The standard InChI is InChI=1S/C9H15NO3/c1-3-4-5-7(6-8(10)11)9(12)13-2/h6H,3-5H2,1-2H3,(H2,10,11)/b7-6-. The Kier molecular flexibility index (Phi) is 5.59. The fourth-order valence-corrected chi connectivity index (χ4v) is 0.903. The van der Waals surface area contributed by atoms with Gasteiger partial charge in [-0.05, 0) is 12.8 Å². The van der Waals surface area contributed by atoms with Gasteiger partial charge in [0.05, 0.1) is 7.11 Å². The lowest BCUT2D eigenvalue weighted by Gasteiger charge is -2.02. The number of methoxy groups -OCH3 is 1. The highest BCUT2D eigenvalue weighted by molar-refractivity contribution is 5.97. The number of carbonyl (C=O) groups is 2. The van der Waals surface area contributed by atoms with E-state index >= 15 is 0 Å². The summed E-state index contributed by atoms with van der Waals surface area (Å²) in [5.74, 6) is -1.09. The molecule has 4 heteroatoms. The van der Waals surface area contributed by atoms with Crippen molar-refractivity contribution in [3.63, 3.8) is 0 Å². The molecule has 0 radical (unpaired) electrons. The number of amides is 1. The largest absolute Gasteiger partial charge is 0.466 e. The van der Waals surface area contributed by atoms with Crippen LogP contribution in [0.4, 0.5) is 0 Å². The van der Waals surface area contributed by atoms with Crippen LogP contribution in [-0.2, 0) is 14.3 Å². The van der Waals surface area contributed by atoms with Crippen LogP contribution in [0.1, 0.15) is 26.2 Å². The fraction of sp³-hybridized carbons (Fsp3) is 0.556. The minimum absolute atomic E-state index is 0.344. The maximum absolute atomic E-state index is 11.1. The second-order valence-corrected chi connectivity index (χ2v) is 2.67. The molecule has 0 aromatic heterocycles. The van der Waals surface area contributed by atoms with Gasteiger partial charge in [0.15, 0.2) is 0 Å². The zero-order chi connectivity index (χ0) is 10.3. The monoisotopic (exact) mass is 185 g/mol. The molecule has 0 unspecified atom stereocenters. The van der Waals surface area contributed by atoms with Crippen molar-refractivity contribution in [2.75, 3.05) is 7.11 Å². The van der Waals surface area contributed by atoms with Crippen molar-refractivity contribution in [3.05, 3.63) is 11.6 Å². The molecule has 0 aliphatic carbocycles. The molecule has 0 aliphatic heterocycles. The van der Waals surface area contributed by atoms with Crippen molar-refractivity contribution in [1.29, 1.82) is 0 Å². The Labute approximate surface area is 77.7 Å². The van der Waals surface area contributed by atoms with E-state index in [4.69, 9.17) is 5.73 Å². The summed E-state index contributed by atoms with van der Waals surface area (Å²) in [4.78, 5) is 21.6. The topological polar surface area (TPSA) is 69.4 Å². The number of carbonyl (C=O) groups excluding carboxylic acids is 2. The van der Waals surface area contributed by atoms with Crippen LogP contribution < -0.4 is 5.73 Å². The number of rotatable bonds is 5. The van der Waals surface area contributed by atoms with Gasteiger partial charge in [-0.25, -0.2) is 4.79 Å². The highest BCUT2D eigenvalue weighted by Gasteiger charge is 2.09. The summed E-state index contributed by atoms with van der Waals surface area (Å²) in [6, 6.07) is 0. The molecule has 0 bridgehead atoms. The molecule has 0 heterocycles. The summed E-state index contributed by atoms with van der Waals surface area (Å²) in [5, 5.41) is 0. The van der Waals surface area contributed by atoms with E-state index in [2.05, 4.69) is 4.74 Å². The summed E-state index contributed by atoms with van der Waals surface area (Å²) in [5.41, 5.74) is 5.28. The van der Waals surface area contributed by atoms with E-state index in [9.17, 15) is 9.59 Å². The molecule has 0 saturated heterocycles. The van der Waals surface area contributed by atoms with Crippen molar-refractivity contribution in [2.45, 2.75) is 26.2 Å². The van der Waals surface area contributed by atoms with Crippen LogP contribution in [0.2, 0.25) is 0 Å². The minimum Gasteiger partial charge on any atom is -0.466 e. The Morgan fingerprint density at radius 3 is 2.46 bits per heavy atom. The Balaban J connectivity index is 4.36. The Bertz CT molecular complexity index is 221. The molecule has 0 atom stereocenters. The van der Waals surface area contributed by atoms with Gasteiger partial charge in [0, 0.05) is 11.6 Å². The van der Waals surface area contributed by atoms with E-state index in [1.165, 1.54) is 7.11 Å². The first-order chi connectivity index (χ1) is 6.11. The molecule has 4 nitrogen and oxygen atoms in total. The lowest BCUT2D eigenvalue weighted by atomic mass is 10.1. The Morgan fingerprint density at radius 2 is 2.08 bits per heavy atom. The third kappa shape index (κ3) is 5.00. The van der Waals surface area contributed by atoms with Gasteiger partial charge in [0.1, 0.15) is 0 Å². The first-order valence-electron chi connectivity index (χ1n) is 4.20. The highest BCUT2D eigenvalue weighted by Crippen LogP contribution is 2.08. The molecule has 2 N–H and O–H groups in total. The molecule has 13 heavy (non-hydrogen) atoms. The summed E-state index contributed by atoms with van der Waals surface area (Å²) in [6.45, 7) is 2.00. The van der Waals surface area contributed by atoms with E-state index in [1.54, 1.807) is 0 Å². The maximum Gasteiger partial charge on any atom is 0.333 e. The molecule has 0 spiro atoms. The number of primary amides is 1. The number of nitrogens with two attached hydrogens (primary N) is 1. The molecular weight excluding hydrogens is 170 g/mol. The SMILES string of the molecule is CCCC/C(=C/C(N)=O)C(=O)OC. The average molecular weight is 185 g/mol. The van der Waals surface area contributed by atoms with Crippen LogP contribution in [0, 0.1) is 0 Å². The maximum atomic E-state index is 11.1. The molecule has 0 fully saturated rings. The minimum atomic E-state index is -0.614. The third-order valence-corrected chi connectivity index (χ3v) is 1.56. The normalized spacial score (nSPS) is 11.1. The Hall–Kier alpha value is -1.32. The smallest absolute Gasteiger partial charge is 0.333 e. The van der Waals surface area contributed by atoms with E-state index in [-0.39, 0.29) is 0 Å². The molecule has 0 aromatic carbocycles. The number of hydrogen-bond acceptors (Lipinski definition) is 3. The van der Waals surface area contributed by atoms with Crippen molar-refractivity contribution in [1.82, 2.24) is 0 Å². The molecule has 0 aromatic rings. The lowest BCUT2D eigenvalue weighted by molar-refractivity contribution is -0.136. The molecule has 1 amide bonds. The van der Waals surface area contributed by atoms with Crippen molar-refractivity contribution < 1.29 is 14.3 Å². The lowest BCUT2D eigenvalue weighted by Crippen LogP contribution is -2.12. The Morgan fingerprint density at radius 1 is 1.46 bits per heavy atom. The first kappa shape index (κ1) is 11.7. The van der Waals surface area contributed by atoms with Crippen LogP contribution >= 0.6 is 0 Å². The van der Waals surface area contributed by atoms with Crippen LogP contribution in [0.3, 0.4) is 0 Å². The second-order valence-electron chi connectivity index (χ2n) is 2.67. The molecule has 0 rings (SSSR count). The molecule has 0 aliphatic rings. The van der Waals surface area contributed by atoms with Crippen LogP contribution in [-0.4, -0.2) is 19.0 Å². The quantitative estimate of drug-likeness (QED) is 0.508. The van der Waals surface area contributed by atoms with Crippen molar-refractivity contribution >= 4 is 11.9 Å². The molecule has 0 saturated carbocycles. The summed E-state index contributed by atoms with van der Waals surface area (Å²) in [7, 11) is 1.28. The summed E-state index contributed by atoms with van der Waals surface area (Å²) >= 11 is 0. The van der Waals surface area contributed by atoms with E-state index in [0.717, 1.165) is 18.9 Å². The number of ether oxygens (including phenoxy) is 1. The number of esters is 1. The van der Waals surface area contributed by atoms with Gasteiger partial charge < -0.3 is 10.5 Å². The second kappa shape index (κ2) is 6.22.